The molecule has 3 aromatic carbocycles. The lowest BCUT2D eigenvalue weighted by Crippen LogP contribution is -2.09. The minimum atomic E-state index is 0.368. The number of benzene rings is 3. The average Bonchev–Trinajstić information content (AvgIpc) is 3.05. The van der Waals surface area contributed by atoms with Crippen molar-refractivity contribution >= 4 is 11.0 Å². The summed E-state index contributed by atoms with van der Waals surface area (Å²) in [7, 11) is 0. The first-order valence-corrected chi connectivity index (χ1v) is 8.45. The molecule has 0 aliphatic rings. The molecule has 0 fully saturated rings. The third kappa shape index (κ3) is 3.15. The highest BCUT2D eigenvalue weighted by Crippen LogP contribution is 2.21. The van der Waals surface area contributed by atoms with Gasteiger partial charge in [-0.2, -0.15) is 5.26 Å². The Balaban J connectivity index is 1.71. The lowest BCUT2D eigenvalue weighted by Gasteiger charge is -2.11. The Morgan fingerprint density at radius 3 is 2.46 bits per heavy atom. The van der Waals surface area contributed by atoms with Crippen molar-refractivity contribution in [3.05, 3.63) is 95.8 Å². The number of imidazole rings is 1. The predicted octanol–water partition coefficient (Wildman–Crippen LogP) is 4.54. The van der Waals surface area contributed by atoms with Gasteiger partial charge in [-0.3, -0.25) is 0 Å². The predicted molar refractivity (Wildman–Crippen MR) is 101 cm³/mol. The molecule has 0 saturated carbocycles. The first kappa shape index (κ1) is 15.9. The molecule has 0 bridgehead atoms. The zero-order valence-electron chi connectivity index (χ0n) is 14.2. The maximum atomic E-state index is 9.38. The molecule has 4 aromatic rings. The van der Waals surface area contributed by atoms with Crippen LogP contribution in [0.1, 0.15) is 17.0 Å². The molecule has 0 radical (unpaired) electrons. The van der Waals surface area contributed by atoms with E-state index in [-0.39, 0.29) is 0 Å². The van der Waals surface area contributed by atoms with Crippen LogP contribution in [-0.4, -0.2) is 9.55 Å². The van der Waals surface area contributed by atoms with Gasteiger partial charge in [0, 0.05) is 0 Å². The zero-order chi connectivity index (χ0) is 17.8. The SMILES string of the molecule is N#Cc1ccccc1Cn1c(COc2ccccc2)nc2ccccc21. The molecule has 0 aliphatic carbocycles. The van der Waals surface area contributed by atoms with Crippen LogP contribution in [0.3, 0.4) is 0 Å². The first-order valence-electron chi connectivity index (χ1n) is 8.45. The summed E-state index contributed by atoms with van der Waals surface area (Å²) in [6.45, 7) is 0.950. The molecule has 4 rings (SSSR count). The summed E-state index contributed by atoms with van der Waals surface area (Å²) < 4.78 is 8.03. The Morgan fingerprint density at radius 2 is 1.62 bits per heavy atom. The Bertz CT molecular complexity index is 1080. The van der Waals surface area contributed by atoms with Gasteiger partial charge in [0.1, 0.15) is 18.2 Å². The zero-order valence-corrected chi connectivity index (χ0v) is 14.2. The maximum absolute atomic E-state index is 9.38. The van der Waals surface area contributed by atoms with Crippen molar-refractivity contribution in [2.24, 2.45) is 0 Å². The summed E-state index contributed by atoms with van der Waals surface area (Å²) in [5.41, 5.74) is 3.61. The van der Waals surface area contributed by atoms with Crippen LogP contribution in [0.5, 0.6) is 5.75 Å². The quantitative estimate of drug-likeness (QED) is 0.536. The van der Waals surface area contributed by atoms with E-state index in [1.807, 2.05) is 78.9 Å². The van der Waals surface area contributed by atoms with E-state index in [1.165, 1.54) is 0 Å². The third-order valence-electron chi connectivity index (χ3n) is 4.31. The summed E-state index contributed by atoms with van der Waals surface area (Å²) in [4.78, 5) is 4.73. The van der Waals surface area contributed by atoms with Crippen molar-refractivity contribution in [3.8, 4) is 11.8 Å². The Morgan fingerprint density at radius 1 is 0.885 bits per heavy atom. The molecular formula is C22H17N3O. The Hall–Kier alpha value is -3.58. The molecule has 0 amide bonds. The molecule has 1 aromatic heterocycles. The number of para-hydroxylation sites is 3. The van der Waals surface area contributed by atoms with E-state index in [1.54, 1.807) is 0 Å². The van der Waals surface area contributed by atoms with Crippen LogP contribution in [0.2, 0.25) is 0 Å². The van der Waals surface area contributed by atoms with Crippen molar-refractivity contribution in [3.63, 3.8) is 0 Å². The number of nitriles is 1. The molecule has 0 N–H and O–H groups in total. The van der Waals surface area contributed by atoms with Crippen molar-refractivity contribution in [2.75, 3.05) is 0 Å². The van der Waals surface area contributed by atoms with Crippen molar-refractivity contribution in [1.29, 1.82) is 5.26 Å². The first-order chi connectivity index (χ1) is 12.8. The number of ether oxygens (including phenoxy) is 1. The number of hydrogen-bond donors (Lipinski definition) is 0. The molecule has 126 valence electrons. The van der Waals surface area contributed by atoms with E-state index in [0.717, 1.165) is 28.2 Å². The molecule has 4 heteroatoms. The minimum Gasteiger partial charge on any atom is -0.486 e. The van der Waals surface area contributed by atoms with Gasteiger partial charge in [0.25, 0.3) is 0 Å². The second-order valence-electron chi connectivity index (χ2n) is 5.97. The fourth-order valence-corrected chi connectivity index (χ4v) is 3.01. The Kier molecular flexibility index (Phi) is 4.36. The number of rotatable bonds is 5. The summed E-state index contributed by atoms with van der Waals surface area (Å²) in [6, 6.07) is 27.7. The van der Waals surface area contributed by atoms with Crippen molar-refractivity contribution in [1.82, 2.24) is 9.55 Å². The fraction of sp³-hybridized carbons (Fsp3) is 0.0909. The maximum Gasteiger partial charge on any atom is 0.148 e. The molecule has 0 saturated heterocycles. The number of nitrogens with zero attached hydrogens (tertiary/aromatic N) is 3. The largest absolute Gasteiger partial charge is 0.486 e. The van der Waals surface area contributed by atoms with Crippen LogP contribution in [0, 0.1) is 11.3 Å². The summed E-state index contributed by atoms with van der Waals surface area (Å²) in [5.74, 6) is 1.64. The van der Waals surface area contributed by atoms with E-state index in [0.29, 0.717) is 18.7 Å². The lowest BCUT2D eigenvalue weighted by molar-refractivity contribution is 0.291. The smallest absolute Gasteiger partial charge is 0.148 e. The molecule has 0 aliphatic heterocycles. The molecule has 4 nitrogen and oxygen atoms in total. The van der Waals surface area contributed by atoms with Gasteiger partial charge in [-0.1, -0.05) is 48.5 Å². The van der Waals surface area contributed by atoms with Gasteiger partial charge in [-0.15, -0.1) is 0 Å². The number of hydrogen-bond acceptors (Lipinski definition) is 3. The average molecular weight is 339 g/mol. The van der Waals surface area contributed by atoms with Gasteiger partial charge >= 0.3 is 0 Å². The summed E-state index contributed by atoms with van der Waals surface area (Å²) >= 11 is 0. The van der Waals surface area contributed by atoms with Gasteiger partial charge in [-0.25, -0.2) is 4.98 Å². The van der Waals surface area contributed by atoms with Crippen LogP contribution >= 0.6 is 0 Å². The van der Waals surface area contributed by atoms with Gasteiger partial charge < -0.3 is 9.30 Å². The topological polar surface area (TPSA) is 50.8 Å². The summed E-state index contributed by atoms with van der Waals surface area (Å²) in [6.07, 6.45) is 0. The van der Waals surface area contributed by atoms with E-state index >= 15 is 0 Å². The van der Waals surface area contributed by atoms with Crippen LogP contribution in [0.15, 0.2) is 78.9 Å². The Labute approximate surface area is 151 Å². The van der Waals surface area contributed by atoms with Gasteiger partial charge in [-0.05, 0) is 35.9 Å². The minimum absolute atomic E-state index is 0.368. The van der Waals surface area contributed by atoms with Crippen LogP contribution in [0.25, 0.3) is 11.0 Å². The normalized spacial score (nSPS) is 10.6. The highest BCUT2D eigenvalue weighted by molar-refractivity contribution is 5.76. The highest BCUT2D eigenvalue weighted by atomic mass is 16.5. The van der Waals surface area contributed by atoms with Gasteiger partial charge in [0.15, 0.2) is 0 Å². The van der Waals surface area contributed by atoms with Crippen LogP contribution < -0.4 is 4.74 Å². The van der Waals surface area contributed by atoms with Gasteiger partial charge in [0.2, 0.25) is 0 Å². The number of aromatic nitrogens is 2. The monoisotopic (exact) mass is 339 g/mol. The van der Waals surface area contributed by atoms with Crippen LogP contribution in [0.4, 0.5) is 0 Å². The molecular weight excluding hydrogens is 322 g/mol. The number of fused-ring (bicyclic) bond motifs is 1. The summed E-state index contributed by atoms with van der Waals surface area (Å²) in [5, 5.41) is 9.38. The lowest BCUT2D eigenvalue weighted by atomic mass is 10.1. The van der Waals surface area contributed by atoms with E-state index in [4.69, 9.17) is 9.72 Å². The second kappa shape index (κ2) is 7.12. The molecule has 26 heavy (non-hydrogen) atoms. The standard InChI is InChI=1S/C22H17N3O/c23-14-17-8-4-5-9-18(17)15-25-21-13-7-6-12-20(21)24-22(25)16-26-19-10-2-1-3-11-19/h1-13H,15-16H2. The molecule has 0 atom stereocenters. The second-order valence-corrected chi connectivity index (χ2v) is 5.97. The molecule has 0 spiro atoms. The fourth-order valence-electron chi connectivity index (χ4n) is 3.01. The van der Waals surface area contributed by atoms with Crippen LogP contribution in [-0.2, 0) is 13.2 Å². The van der Waals surface area contributed by atoms with Gasteiger partial charge in [0.05, 0.1) is 29.2 Å². The molecule has 0 unspecified atom stereocenters. The third-order valence-corrected chi connectivity index (χ3v) is 4.31. The van der Waals surface area contributed by atoms with Crippen molar-refractivity contribution < 1.29 is 4.74 Å². The molecule has 1 heterocycles. The highest BCUT2D eigenvalue weighted by Gasteiger charge is 2.13. The van der Waals surface area contributed by atoms with E-state index in [2.05, 4.69) is 10.6 Å². The van der Waals surface area contributed by atoms with E-state index < -0.39 is 0 Å². The van der Waals surface area contributed by atoms with E-state index in [9.17, 15) is 5.26 Å². The van der Waals surface area contributed by atoms with Crippen molar-refractivity contribution in [2.45, 2.75) is 13.2 Å².